The van der Waals surface area contributed by atoms with E-state index in [0.29, 0.717) is 13.1 Å². The molecular weight excluding hydrogens is 146 g/mol. The van der Waals surface area contributed by atoms with Crippen LogP contribution >= 0.6 is 0 Å². The van der Waals surface area contributed by atoms with E-state index >= 15 is 0 Å². The molecule has 11 heavy (non-hydrogen) atoms. The zero-order chi connectivity index (χ0) is 8.43. The average Bonchev–Trinajstić information content (AvgIpc) is 2.09. The molecule has 0 aromatic carbocycles. The molecule has 2 N–H and O–H groups in total. The third-order valence-electron chi connectivity index (χ3n) is 1.68. The van der Waals surface area contributed by atoms with Gasteiger partial charge in [-0.15, -0.1) is 0 Å². The zero-order valence-corrected chi connectivity index (χ0v) is 6.53. The van der Waals surface area contributed by atoms with Crippen LogP contribution in [0, 0.1) is 0 Å². The van der Waals surface area contributed by atoms with Gasteiger partial charge in [-0.25, -0.2) is 0 Å². The van der Waals surface area contributed by atoms with E-state index in [2.05, 4.69) is 0 Å². The van der Waals surface area contributed by atoms with Gasteiger partial charge in [0.05, 0.1) is 18.6 Å². The van der Waals surface area contributed by atoms with Crippen molar-refractivity contribution in [3.63, 3.8) is 0 Å². The summed E-state index contributed by atoms with van der Waals surface area (Å²) in [5.41, 5.74) is 0. The Morgan fingerprint density at radius 1 is 1.82 bits per heavy atom. The summed E-state index contributed by atoms with van der Waals surface area (Å²) < 4.78 is 0. The molecule has 1 aliphatic rings. The SMILES string of the molecule is CC(O)CN1CC(O)CC1=O. The normalized spacial score (nSPS) is 27.7. The highest BCUT2D eigenvalue weighted by Crippen LogP contribution is 2.10. The molecule has 1 amide bonds. The van der Waals surface area contributed by atoms with Crippen molar-refractivity contribution in [2.45, 2.75) is 25.6 Å². The van der Waals surface area contributed by atoms with Crippen molar-refractivity contribution in [3.8, 4) is 0 Å². The Labute approximate surface area is 65.4 Å². The van der Waals surface area contributed by atoms with Gasteiger partial charge < -0.3 is 15.1 Å². The van der Waals surface area contributed by atoms with E-state index in [9.17, 15) is 4.79 Å². The fourth-order valence-corrected chi connectivity index (χ4v) is 1.25. The molecule has 0 radical (unpaired) electrons. The maximum absolute atomic E-state index is 11.0. The lowest BCUT2D eigenvalue weighted by Gasteiger charge is -2.16. The molecule has 64 valence electrons. The molecule has 1 saturated heterocycles. The summed E-state index contributed by atoms with van der Waals surface area (Å²) in [5, 5.41) is 18.0. The Kier molecular flexibility index (Phi) is 2.46. The third-order valence-corrected chi connectivity index (χ3v) is 1.68. The summed E-state index contributed by atoms with van der Waals surface area (Å²) in [7, 11) is 0. The van der Waals surface area contributed by atoms with Gasteiger partial charge in [0.1, 0.15) is 0 Å². The number of aliphatic hydroxyl groups is 2. The van der Waals surface area contributed by atoms with E-state index in [1.807, 2.05) is 0 Å². The maximum Gasteiger partial charge on any atom is 0.225 e. The van der Waals surface area contributed by atoms with Crippen molar-refractivity contribution in [1.82, 2.24) is 4.90 Å². The smallest absolute Gasteiger partial charge is 0.225 e. The highest BCUT2D eigenvalue weighted by Gasteiger charge is 2.28. The highest BCUT2D eigenvalue weighted by atomic mass is 16.3. The lowest BCUT2D eigenvalue weighted by Crippen LogP contribution is -2.32. The zero-order valence-electron chi connectivity index (χ0n) is 6.53. The number of carbonyl (C=O) groups is 1. The summed E-state index contributed by atoms with van der Waals surface area (Å²) in [4.78, 5) is 12.5. The number of nitrogens with zero attached hydrogens (tertiary/aromatic N) is 1. The second-order valence-electron chi connectivity index (χ2n) is 3.01. The molecule has 1 heterocycles. The Hall–Kier alpha value is -0.610. The first-order valence-electron chi connectivity index (χ1n) is 3.73. The first-order chi connectivity index (χ1) is 5.09. The van der Waals surface area contributed by atoms with Gasteiger partial charge in [0.2, 0.25) is 5.91 Å². The largest absolute Gasteiger partial charge is 0.392 e. The van der Waals surface area contributed by atoms with E-state index in [0.717, 1.165) is 0 Å². The number of β-amino-alcohol motifs (C(OH)–C–C–N with tert-alkyl or cyclic N) is 2. The second-order valence-corrected chi connectivity index (χ2v) is 3.01. The number of hydrogen-bond acceptors (Lipinski definition) is 3. The molecule has 2 atom stereocenters. The van der Waals surface area contributed by atoms with Crippen LogP contribution in [0.2, 0.25) is 0 Å². The van der Waals surface area contributed by atoms with E-state index in [1.165, 1.54) is 4.90 Å². The lowest BCUT2D eigenvalue weighted by molar-refractivity contribution is -0.128. The van der Waals surface area contributed by atoms with Crippen molar-refractivity contribution in [3.05, 3.63) is 0 Å². The van der Waals surface area contributed by atoms with Gasteiger partial charge in [0.15, 0.2) is 0 Å². The lowest BCUT2D eigenvalue weighted by atomic mass is 10.3. The summed E-state index contributed by atoms with van der Waals surface area (Å²) in [6, 6.07) is 0. The topological polar surface area (TPSA) is 60.8 Å². The number of likely N-dealkylation sites (tertiary alicyclic amines) is 1. The highest BCUT2D eigenvalue weighted by molar-refractivity contribution is 5.79. The number of amides is 1. The van der Waals surface area contributed by atoms with Crippen LogP contribution in [0.5, 0.6) is 0 Å². The van der Waals surface area contributed by atoms with Crippen LogP contribution in [0.3, 0.4) is 0 Å². The maximum atomic E-state index is 11.0. The molecular formula is C7H13NO3. The van der Waals surface area contributed by atoms with Crippen LogP contribution in [-0.2, 0) is 4.79 Å². The van der Waals surface area contributed by atoms with Crippen LogP contribution in [0.1, 0.15) is 13.3 Å². The molecule has 1 rings (SSSR count). The quantitative estimate of drug-likeness (QED) is 0.541. The molecule has 4 nitrogen and oxygen atoms in total. The van der Waals surface area contributed by atoms with Gasteiger partial charge in [-0.3, -0.25) is 4.79 Å². The van der Waals surface area contributed by atoms with Gasteiger partial charge in [-0.05, 0) is 6.92 Å². The average molecular weight is 159 g/mol. The monoisotopic (exact) mass is 159 g/mol. The van der Waals surface area contributed by atoms with Crippen molar-refractivity contribution >= 4 is 5.91 Å². The Morgan fingerprint density at radius 2 is 2.45 bits per heavy atom. The van der Waals surface area contributed by atoms with Gasteiger partial charge >= 0.3 is 0 Å². The minimum atomic E-state index is -0.541. The van der Waals surface area contributed by atoms with E-state index in [4.69, 9.17) is 10.2 Å². The second kappa shape index (κ2) is 3.19. The minimum Gasteiger partial charge on any atom is -0.392 e. The van der Waals surface area contributed by atoms with Crippen molar-refractivity contribution < 1.29 is 15.0 Å². The van der Waals surface area contributed by atoms with E-state index < -0.39 is 12.2 Å². The standard InChI is InChI=1S/C7H13NO3/c1-5(9)3-8-4-6(10)2-7(8)11/h5-6,9-10H,2-4H2,1H3. The molecule has 0 aliphatic carbocycles. The van der Waals surface area contributed by atoms with Gasteiger partial charge in [-0.1, -0.05) is 0 Å². The molecule has 0 aromatic rings. The Bertz CT molecular complexity index is 158. The molecule has 0 saturated carbocycles. The number of hydrogen-bond donors (Lipinski definition) is 2. The summed E-state index contributed by atoms with van der Waals surface area (Å²) >= 11 is 0. The molecule has 1 aliphatic heterocycles. The summed E-state index contributed by atoms with van der Waals surface area (Å²) in [5.74, 6) is -0.0709. The predicted molar refractivity (Wildman–Crippen MR) is 38.9 cm³/mol. The van der Waals surface area contributed by atoms with Crippen LogP contribution < -0.4 is 0 Å². The fraction of sp³-hybridized carbons (Fsp3) is 0.857. The van der Waals surface area contributed by atoms with Crippen LogP contribution in [0.25, 0.3) is 0 Å². The molecule has 2 unspecified atom stereocenters. The molecule has 0 bridgehead atoms. The number of aliphatic hydroxyl groups excluding tert-OH is 2. The fourth-order valence-electron chi connectivity index (χ4n) is 1.25. The molecule has 0 spiro atoms. The van der Waals surface area contributed by atoms with Gasteiger partial charge in [-0.2, -0.15) is 0 Å². The minimum absolute atomic E-state index is 0.0709. The van der Waals surface area contributed by atoms with Crippen LogP contribution in [-0.4, -0.2) is 46.3 Å². The predicted octanol–water partition coefficient (Wildman–Crippen LogP) is -1.04. The van der Waals surface area contributed by atoms with Crippen molar-refractivity contribution in [2.75, 3.05) is 13.1 Å². The number of rotatable bonds is 2. The van der Waals surface area contributed by atoms with Crippen molar-refractivity contribution in [1.29, 1.82) is 0 Å². The van der Waals surface area contributed by atoms with Crippen LogP contribution in [0.4, 0.5) is 0 Å². The first kappa shape index (κ1) is 8.49. The number of carbonyl (C=O) groups excluding carboxylic acids is 1. The van der Waals surface area contributed by atoms with E-state index in [1.54, 1.807) is 6.92 Å². The van der Waals surface area contributed by atoms with E-state index in [-0.39, 0.29) is 12.3 Å². The Balaban J connectivity index is 2.41. The summed E-state index contributed by atoms with van der Waals surface area (Å²) in [6.45, 7) is 2.32. The molecule has 0 aromatic heterocycles. The molecule has 4 heteroatoms. The first-order valence-corrected chi connectivity index (χ1v) is 3.73. The Morgan fingerprint density at radius 3 is 2.82 bits per heavy atom. The summed E-state index contributed by atoms with van der Waals surface area (Å²) in [6.07, 6.45) is -0.849. The van der Waals surface area contributed by atoms with Crippen molar-refractivity contribution in [2.24, 2.45) is 0 Å². The third kappa shape index (κ3) is 2.17. The van der Waals surface area contributed by atoms with Gasteiger partial charge in [0.25, 0.3) is 0 Å². The van der Waals surface area contributed by atoms with Gasteiger partial charge in [0, 0.05) is 13.1 Å². The molecule has 1 fully saturated rings. The van der Waals surface area contributed by atoms with Crippen LogP contribution in [0.15, 0.2) is 0 Å².